The van der Waals surface area contributed by atoms with Crippen LogP contribution in [0, 0.1) is 13.8 Å². The van der Waals surface area contributed by atoms with Crippen molar-refractivity contribution in [3.05, 3.63) is 53.1 Å². The highest BCUT2D eigenvalue weighted by Gasteiger charge is 2.31. The van der Waals surface area contributed by atoms with E-state index in [0.29, 0.717) is 17.2 Å². The van der Waals surface area contributed by atoms with Crippen molar-refractivity contribution in [2.24, 2.45) is 0 Å². The third kappa shape index (κ3) is 3.90. The fourth-order valence-electron chi connectivity index (χ4n) is 3.11. The molecule has 0 bridgehead atoms. The zero-order valence-electron chi connectivity index (χ0n) is 15.5. The van der Waals surface area contributed by atoms with Crippen molar-refractivity contribution in [3.8, 4) is 11.5 Å². The lowest BCUT2D eigenvalue weighted by atomic mass is 10.1. The van der Waals surface area contributed by atoms with Crippen molar-refractivity contribution in [1.29, 1.82) is 0 Å². The minimum Gasteiger partial charge on any atom is -0.497 e. The number of carbonyl (C=O) groups excluding carboxylic acids is 1. The molecule has 2 amide bonds. The molecule has 26 heavy (non-hydrogen) atoms. The van der Waals surface area contributed by atoms with Gasteiger partial charge in [0.05, 0.1) is 14.2 Å². The van der Waals surface area contributed by atoms with Gasteiger partial charge in [-0.2, -0.15) is 0 Å². The van der Waals surface area contributed by atoms with Crippen LogP contribution in [-0.2, 0) is 0 Å². The second-order valence-electron chi connectivity index (χ2n) is 6.31. The summed E-state index contributed by atoms with van der Waals surface area (Å²) < 4.78 is 10.5. The molecule has 1 saturated heterocycles. The maximum atomic E-state index is 12.9. The number of nitrogens with one attached hydrogen (secondary N) is 1. The topological polar surface area (TPSA) is 50.8 Å². The highest BCUT2D eigenvalue weighted by molar-refractivity contribution is 7.99. The summed E-state index contributed by atoms with van der Waals surface area (Å²) in [5.41, 5.74) is 4.29. The third-order valence-corrected chi connectivity index (χ3v) is 5.69. The third-order valence-electron chi connectivity index (χ3n) is 4.45. The summed E-state index contributed by atoms with van der Waals surface area (Å²) >= 11 is 1.79. The van der Waals surface area contributed by atoms with Crippen molar-refractivity contribution in [3.63, 3.8) is 0 Å². The van der Waals surface area contributed by atoms with Gasteiger partial charge in [0.2, 0.25) is 0 Å². The zero-order chi connectivity index (χ0) is 18.7. The number of ether oxygens (including phenoxy) is 2. The van der Waals surface area contributed by atoms with E-state index in [1.807, 2.05) is 4.90 Å². The minimum absolute atomic E-state index is 0.0307. The highest BCUT2D eigenvalue weighted by atomic mass is 32.2. The highest BCUT2D eigenvalue weighted by Crippen LogP contribution is 2.40. The van der Waals surface area contributed by atoms with E-state index >= 15 is 0 Å². The van der Waals surface area contributed by atoms with Gasteiger partial charge in [0.1, 0.15) is 16.9 Å². The van der Waals surface area contributed by atoms with Gasteiger partial charge < -0.3 is 19.7 Å². The molecule has 0 aliphatic carbocycles. The summed E-state index contributed by atoms with van der Waals surface area (Å²) in [5.74, 6) is 2.20. The van der Waals surface area contributed by atoms with Crippen LogP contribution in [-0.4, -0.2) is 37.4 Å². The fourth-order valence-corrected chi connectivity index (χ4v) is 4.46. The first kappa shape index (κ1) is 18.5. The van der Waals surface area contributed by atoms with Crippen molar-refractivity contribution < 1.29 is 14.3 Å². The average Bonchev–Trinajstić information content (AvgIpc) is 3.10. The van der Waals surface area contributed by atoms with Crippen LogP contribution in [0.25, 0.3) is 0 Å². The van der Waals surface area contributed by atoms with Crippen LogP contribution in [0.5, 0.6) is 11.5 Å². The summed E-state index contributed by atoms with van der Waals surface area (Å²) in [6.07, 6.45) is 0. The van der Waals surface area contributed by atoms with Gasteiger partial charge in [0, 0.05) is 36.2 Å². The first-order valence-corrected chi connectivity index (χ1v) is 9.56. The molecule has 6 heteroatoms. The van der Waals surface area contributed by atoms with Crippen LogP contribution in [0.4, 0.5) is 10.5 Å². The van der Waals surface area contributed by atoms with Gasteiger partial charge in [-0.15, -0.1) is 11.8 Å². The minimum atomic E-state index is -0.115. The Bertz CT molecular complexity index is 787. The summed E-state index contributed by atoms with van der Waals surface area (Å²) in [4.78, 5) is 14.8. The molecule has 0 saturated carbocycles. The lowest BCUT2D eigenvalue weighted by Gasteiger charge is -2.26. The van der Waals surface area contributed by atoms with E-state index in [4.69, 9.17) is 9.47 Å². The Labute approximate surface area is 158 Å². The molecule has 2 aromatic rings. The van der Waals surface area contributed by atoms with Gasteiger partial charge >= 0.3 is 6.03 Å². The molecular formula is C20H24N2O3S. The number of urea groups is 1. The predicted octanol–water partition coefficient (Wildman–Crippen LogP) is 4.60. The Kier molecular flexibility index (Phi) is 5.61. The molecule has 1 heterocycles. The number of anilines is 1. The van der Waals surface area contributed by atoms with Gasteiger partial charge in [0.15, 0.2) is 0 Å². The van der Waals surface area contributed by atoms with E-state index in [9.17, 15) is 4.79 Å². The second-order valence-corrected chi connectivity index (χ2v) is 7.50. The Morgan fingerprint density at radius 2 is 1.81 bits per heavy atom. The van der Waals surface area contributed by atoms with Crippen LogP contribution in [0.1, 0.15) is 22.1 Å². The monoisotopic (exact) mass is 372 g/mol. The van der Waals surface area contributed by atoms with E-state index < -0.39 is 0 Å². The van der Waals surface area contributed by atoms with Crippen molar-refractivity contribution >= 4 is 23.5 Å². The molecule has 2 aromatic carbocycles. The lowest BCUT2D eigenvalue weighted by molar-refractivity contribution is 0.214. The summed E-state index contributed by atoms with van der Waals surface area (Å²) in [6, 6.07) is 11.6. The number of hydrogen-bond acceptors (Lipinski definition) is 4. The number of carbonyl (C=O) groups is 1. The normalized spacial score (nSPS) is 16.5. The summed E-state index contributed by atoms with van der Waals surface area (Å²) in [7, 11) is 3.18. The van der Waals surface area contributed by atoms with Gasteiger partial charge in [-0.25, -0.2) is 4.79 Å². The van der Waals surface area contributed by atoms with E-state index in [1.54, 1.807) is 44.2 Å². The SMILES string of the molecule is COc1cc(NC(=O)N2CCSC2c2ccc(C)cc2C)cc(OC)c1. The van der Waals surface area contributed by atoms with Gasteiger partial charge in [-0.1, -0.05) is 23.8 Å². The van der Waals surface area contributed by atoms with Crippen molar-refractivity contribution in [1.82, 2.24) is 4.90 Å². The summed E-state index contributed by atoms with van der Waals surface area (Å²) in [6.45, 7) is 4.90. The molecule has 1 fully saturated rings. The molecule has 1 N–H and O–H groups in total. The average molecular weight is 372 g/mol. The lowest BCUT2D eigenvalue weighted by Crippen LogP contribution is -2.34. The predicted molar refractivity (Wildman–Crippen MR) is 106 cm³/mol. The number of nitrogens with zero attached hydrogens (tertiary/aromatic N) is 1. The molecule has 1 atom stereocenters. The molecule has 1 unspecified atom stereocenters. The number of thioether (sulfide) groups is 1. The van der Waals surface area contributed by atoms with E-state index in [0.717, 1.165) is 12.3 Å². The number of rotatable bonds is 4. The maximum Gasteiger partial charge on any atom is 0.323 e. The van der Waals surface area contributed by atoms with Crippen LogP contribution < -0.4 is 14.8 Å². The van der Waals surface area contributed by atoms with E-state index in [-0.39, 0.29) is 11.4 Å². The zero-order valence-corrected chi connectivity index (χ0v) is 16.4. The Morgan fingerprint density at radius 1 is 1.12 bits per heavy atom. The standard InChI is InChI=1S/C20H24N2O3S/c1-13-5-6-18(14(2)9-13)19-22(7-8-26-19)20(23)21-15-10-16(24-3)12-17(11-15)25-4/h5-6,9-12,19H,7-8H2,1-4H3,(H,21,23). The van der Waals surface area contributed by atoms with Gasteiger partial charge in [-0.05, 0) is 25.0 Å². The quantitative estimate of drug-likeness (QED) is 0.852. The van der Waals surface area contributed by atoms with Crippen molar-refractivity contribution in [2.75, 3.05) is 31.8 Å². The molecule has 1 aliphatic heterocycles. The largest absolute Gasteiger partial charge is 0.497 e. The van der Waals surface area contributed by atoms with Gasteiger partial charge in [0.25, 0.3) is 0 Å². The number of hydrogen-bond donors (Lipinski definition) is 1. The molecule has 0 radical (unpaired) electrons. The molecular weight excluding hydrogens is 348 g/mol. The second kappa shape index (κ2) is 7.91. The van der Waals surface area contributed by atoms with Crippen molar-refractivity contribution in [2.45, 2.75) is 19.2 Å². The first-order valence-electron chi connectivity index (χ1n) is 8.51. The van der Waals surface area contributed by atoms with E-state index in [2.05, 4.69) is 37.4 Å². The Hall–Kier alpha value is -2.34. The number of benzene rings is 2. The molecule has 1 aliphatic rings. The molecule has 3 rings (SSSR count). The van der Waals surface area contributed by atoms with Crippen LogP contribution in [0.3, 0.4) is 0 Å². The Morgan fingerprint density at radius 3 is 2.42 bits per heavy atom. The fraction of sp³-hybridized carbons (Fsp3) is 0.350. The van der Waals surface area contributed by atoms with Gasteiger partial charge in [-0.3, -0.25) is 0 Å². The maximum absolute atomic E-state index is 12.9. The first-order chi connectivity index (χ1) is 12.5. The number of methoxy groups -OCH3 is 2. The van der Waals surface area contributed by atoms with Crippen LogP contribution in [0.15, 0.2) is 36.4 Å². The molecule has 138 valence electrons. The smallest absolute Gasteiger partial charge is 0.323 e. The molecule has 0 aromatic heterocycles. The molecule has 5 nitrogen and oxygen atoms in total. The summed E-state index contributed by atoms with van der Waals surface area (Å²) in [5, 5.41) is 3.01. The number of amides is 2. The molecule has 0 spiro atoms. The van der Waals surface area contributed by atoms with Crippen LogP contribution in [0.2, 0.25) is 0 Å². The van der Waals surface area contributed by atoms with E-state index in [1.165, 1.54) is 16.7 Å². The van der Waals surface area contributed by atoms with Crippen LogP contribution >= 0.6 is 11.8 Å². The Balaban J connectivity index is 1.80. The number of aryl methyl sites for hydroxylation is 2.